The van der Waals surface area contributed by atoms with Crippen LogP contribution in [0.4, 0.5) is 0 Å². The number of carbonyl (C=O) groups excluding carboxylic acids is 3. The third-order valence-electron chi connectivity index (χ3n) is 8.27. The van der Waals surface area contributed by atoms with Crippen molar-refractivity contribution in [2.75, 3.05) is 27.4 Å². The average molecular weight is 721 g/mol. The monoisotopic (exact) mass is 721 g/mol. The molecule has 0 N–H and O–H groups in total. The minimum Gasteiger partial charge on any atom is -0.382 e. The van der Waals surface area contributed by atoms with Crippen LogP contribution >= 0.6 is 0 Å². The SMILES string of the molecule is C.CC(C)=O.COC(C)CC(C)(C)OCC(C)C(C)(C)OCCCC(C)=O.COC(C)CC(C)OC(C)CC(C)OC(C)CC(C)CC(C)=O. The van der Waals surface area contributed by atoms with Crippen LogP contribution in [0.3, 0.4) is 0 Å². The fourth-order valence-corrected chi connectivity index (χ4v) is 5.37. The van der Waals surface area contributed by atoms with Crippen LogP contribution in [-0.4, -0.2) is 92.6 Å². The second-order valence-electron chi connectivity index (χ2n) is 15.7. The molecule has 9 nitrogen and oxygen atoms in total. The van der Waals surface area contributed by atoms with Gasteiger partial charge in [-0.1, -0.05) is 21.3 Å². The Hall–Kier alpha value is -1.23. The molecule has 0 rings (SSSR count). The molecule has 0 spiro atoms. The van der Waals surface area contributed by atoms with Crippen molar-refractivity contribution in [3.05, 3.63) is 0 Å². The van der Waals surface area contributed by atoms with Crippen LogP contribution in [0.25, 0.3) is 0 Å². The number of ether oxygens (including phenoxy) is 6. The molecule has 9 heteroatoms. The van der Waals surface area contributed by atoms with E-state index in [-0.39, 0.29) is 78.5 Å². The fraction of sp³-hybridized carbons (Fsp3) is 0.927. The van der Waals surface area contributed by atoms with Gasteiger partial charge in [0.2, 0.25) is 0 Å². The van der Waals surface area contributed by atoms with E-state index in [0.29, 0.717) is 32.0 Å². The van der Waals surface area contributed by atoms with Crippen LogP contribution in [-0.2, 0) is 42.8 Å². The summed E-state index contributed by atoms with van der Waals surface area (Å²) in [6, 6.07) is 0. The number of hydrogen-bond acceptors (Lipinski definition) is 9. The molecule has 0 fully saturated rings. The van der Waals surface area contributed by atoms with Gasteiger partial charge in [0.05, 0.1) is 54.4 Å². The molecule has 0 aromatic heterocycles. The molecule has 0 aromatic carbocycles. The summed E-state index contributed by atoms with van der Waals surface area (Å²) >= 11 is 0. The maximum Gasteiger partial charge on any atom is 0.130 e. The van der Waals surface area contributed by atoms with Crippen molar-refractivity contribution < 1.29 is 42.8 Å². The largest absolute Gasteiger partial charge is 0.382 e. The zero-order chi connectivity index (χ0) is 39.0. The summed E-state index contributed by atoms with van der Waals surface area (Å²) in [6.07, 6.45) is 6.60. The van der Waals surface area contributed by atoms with Crippen molar-refractivity contribution in [1.29, 1.82) is 0 Å². The quantitative estimate of drug-likeness (QED) is 0.0853. The summed E-state index contributed by atoms with van der Waals surface area (Å²) in [5.74, 6) is 1.27. The van der Waals surface area contributed by atoms with Crippen LogP contribution in [0.15, 0.2) is 0 Å². The lowest BCUT2D eigenvalue weighted by molar-refractivity contribution is -0.122. The summed E-state index contributed by atoms with van der Waals surface area (Å²) in [7, 11) is 3.45. The Balaban J connectivity index is -0.000000375. The van der Waals surface area contributed by atoms with Gasteiger partial charge in [0.1, 0.15) is 17.3 Å². The minimum atomic E-state index is -0.264. The third-order valence-corrected chi connectivity index (χ3v) is 8.27. The van der Waals surface area contributed by atoms with E-state index in [4.69, 9.17) is 28.4 Å². The minimum absolute atomic E-state index is 0. The van der Waals surface area contributed by atoms with Crippen molar-refractivity contribution in [3.8, 4) is 0 Å². The van der Waals surface area contributed by atoms with Crippen molar-refractivity contribution in [3.63, 3.8) is 0 Å². The Kier molecular flexibility index (Phi) is 33.6. The molecule has 0 amide bonds. The summed E-state index contributed by atoms with van der Waals surface area (Å²) in [5.41, 5.74) is -0.478. The molecule has 8 atom stereocenters. The molecule has 0 heterocycles. The van der Waals surface area contributed by atoms with E-state index >= 15 is 0 Å². The van der Waals surface area contributed by atoms with E-state index in [0.717, 1.165) is 32.1 Å². The smallest absolute Gasteiger partial charge is 0.130 e. The Morgan fingerprint density at radius 3 is 1.42 bits per heavy atom. The number of rotatable bonds is 25. The van der Waals surface area contributed by atoms with Crippen molar-refractivity contribution in [1.82, 2.24) is 0 Å². The summed E-state index contributed by atoms with van der Waals surface area (Å²) < 4.78 is 34.7. The molecule has 50 heavy (non-hydrogen) atoms. The van der Waals surface area contributed by atoms with Gasteiger partial charge in [-0.05, 0) is 129 Å². The lowest BCUT2D eigenvalue weighted by atomic mass is 9.92. The number of hydrogen-bond donors (Lipinski definition) is 0. The second kappa shape index (κ2) is 30.3. The molecule has 0 aromatic rings. The van der Waals surface area contributed by atoms with Crippen molar-refractivity contribution >= 4 is 17.3 Å². The zero-order valence-corrected chi connectivity index (χ0v) is 35.2. The van der Waals surface area contributed by atoms with Gasteiger partial charge in [0, 0.05) is 46.0 Å². The first-order valence-electron chi connectivity index (χ1n) is 18.5. The molecule has 0 aliphatic rings. The van der Waals surface area contributed by atoms with Gasteiger partial charge in [-0.2, -0.15) is 0 Å². The molecular weight excluding hydrogens is 636 g/mol. The van der Waals surface area contributed by atoms with Crippen molar-refractivity contribution in [2.45, 2.75) is 211 Å². The highest BCUT2D eigenvalue weighted by atomic mass is 16.5. The normalized spacial score (nSPS) is 16.4. The highest BCUT2D eigenvalue weighted by Crippen LogP contribution is 2.26. The predicted octanol–water partition coefficient (Wildman–Crippen LogP) is 9.63. The average Bonchev–Trinajstić information content (AvgIpc) is 2.92. The lowest BCUT2D eigenvalue weighted by Crippen LogP contribution is -2.39. The van der Waals surface area contributed by atoms with Gasteiger partial charge in [-0.25, -0.2) is 0 Å². The Labute approximate surface area is 310 Å². The van der Waals surface area contributed by atoms with Gasteiger partial charge in [-0.15, -0.1) is 0 Å². The maximum absolute atomic E-state index is 11.1. The van der Waals surface area contributed by atoms with Crippen LogP contribution in [0.1, 0.15) is 163 Å². The third kappa shape index (κ3) is 36.6. The molecule has 0 aliphatic heterocycles. The molecule has 0 saturated carbocycles. The van der Waals surface area contributed by atoms with E-state index in [1.807, 2.05) is 0 Å². The predicted molar refractivity (Wildman–Crippen MR) is 208 cm³/mol. The van der Waals surface area contributed by atoms with Crippen LogP contribution in [0, 0.1) is 11.8 Å². The highest BCUT2D eigenvalue weighted by molar-refractivity contribution is 5.75. The first-order valence-corrected chi connectivity index (χ1v) is 18.5. The van der Waals surface area contributed by atoms with Gasteiger partial charge in [0.25, 0.3) is 0 Å². The Morgan fingerprint density at radius 1 is 0.600 bits per heavy atom. The molecule has 0 aliphatic carbocycles. The molecule has 302 valence electrons. The number of carbonyl (C=O) groups is 3. The maximum atomic E-state index is 11.1. The van der Waals surface area contributed by atoms with E-state index < -0.39 is 0 Å². The van der Waals surface area contributed by atoms with Gasteiger partial charge < -0.3 is 42.8 Å². The number of ketones is 3. The van der Waals surface area contributed by atoms with Gasteiger partial charge in [-0.3, -0.25) is 0 Å². The summed E-state index contributed by atoms with van der Waals surface area (Å²) in [6.45, 7) is 32.6. The van der Waals surface area contributed by atoms with E-state index in [1.54, 1.807) is 28.1 Å². The van der Waals surface area contributed by atoms with Gasteiger partial charge in [0.15, 0.2) is 0 Å². The molecule has 8 unspecified atom stereocenters. The van der Waals surface area contributed by atoms with Crippen LogP contribution in [0.5, 0.6) is 0 Å². The molecule has 0 saturated heterocycles. The van der Waals surface area contributed by atoms with Crippen LogP contribution in [0.2, 0.25) is 0 Å². The molecule has 0 radical (unpaired) electrons. The Morgan fingerprint density at radius 2 is 1.02 bits per heavy atom. The topological polar surface area (TPSA) is 107 Å². The standard InChI is InChI=1S/C19H38O4.C18H36O4.C3H6O.CH4/c1-13(9-14(2)20)10-16(4)22-18(6)12-19(7)23-17(5)11-15(3)21-8;1-14(13-22-17(4,5)12-16(3)20-8)18(6,7)21-11-9-10-15(2)19;1-3(2)4;/h13,15-19H,9-12H2,1-8H3;14,16H,9-13H2,1-8H3;1-2H3;1H4. The lowest BCUT2D eigenvalue weighted by Gasteiger charge is -2.35. The van der Waals surface area contributed by atoms with Crippen LogP contribution < -0.4 is 0 Å². The van der Waals surface area contributed by atoms with E-state index in [9.17, 15) is 14.4 Å². The van der Waals surface area contributed by atoms with Crippen molar-refractivity contribution in [2.24, 2.45) is 11.8 Å². The second-order valence-corrected chi connectivity index (χ2v) is 15.7. The van der Waals surface area contributed by atoms with E-state index in [2.05, 4.69) is 83.1 Å². The summed E-state index contributed by atoms with van der Waals surface area (Å²) in [4.78, 5) is 31.5. The fourth-order valence-electron chi connectivity index (χ4n) is 5.37. The number of Topliss-reactive ketones (excluding diaryl/α,β-unsaturated/α-hetero) is 3. The highest BCUT2D eigenvalue weighted by Gasteiger charge is 2.30. The number of methoxy groups -OCH3 is 2. The van der Waals surface area contributed by atoms with E-state index in [1.165, 1.54) is 13.8 Å². The van der Waals surface area contributed by atoms with Gasteiger partial charge >= 0.3 is 0 Å². The Bertz CT molecular complexity index is 853. The summed E-state index contributed by atoms with van der Waals surface area (Å²) in [5, 5.41) is 0. The molecule has 0 bridgehead atoms. The first kappa shape index (κ1) is 55.5. The zero-order valence-electron chi connectivity index (χ0n) is 35.2. The molecular formula is C41H84O9. The first-order chi connectivity index (χ1) is 22.4.